The van der Waals surface area contributed by atoms with Crippen molar-refractivity contribution in [2.45, 2.75) is 58.4 Å². The normalized spacial score (nSPS) is 12.5. The SMILES string of the molecule is CCCCC(CC#C[Si](C)(C)C)OC(N)=O. The minimum Gasteiger partial charge on any atom is -0.445 e. The fourth-order valence-corrected chi connectivity index (χ4v) is 1.86. The number of rotatable bonds is 5. The van der Waals surface area contributed by atoms with Gasteiger partial charge >= 0.3 is 6.09 Å². The van der Waals surface area contributed by atoms with Gasteiger partial charge in [-0.3, -0.25) is 0 Å². The highest BCUT2D eigenvalue weighted by Crippen LogP contribution is 2.08. The van der Waals surface area contributed by atoms with Crippen LogP contribution in [0.1, 0.15) is 32.6 Å². The van der Waals surface area contributed by atoms with Gasteiger partial charge in [0.1, 0.15) is 14.2 Å². The maximum atomic E-state index is 10.7. The summed E-state index contributed by atoms with van der Waals surface area (Å²) in [5.41, 5.74) is 8.28. The summed E-state index contributed by atoms with van der Waals surface area (Å²) in [7, 11) is -1.33. The van der Waals surface area contributed by atoms with Crippen LogP contribution in [0.4, 0.5) is 4.79 Å². The standard InChI is InChI=1S/C12H23NO2Si/c1-5-6-8-11(15-12(13)14)9-7-10-16(2,3)4/h11H,5-6,8-9H2,1-4H3,(H2,13,14). The van der Waals surface area contributed by atoms with Crippen LogP contribution in [0.15, 0.2) is 0 Å². The van der Waals surface area contributed by atoms with E-state index in [-0.39, 0.29) is 6.10 Å². The third-order valence-electron chi connectivity index (χ3n) is 1.96. The van der Waals surface area contributed by atoms with Gasteiger partial charge in [-0.25, -0.2) is 4.79 Å². The monoisotopic (exact) mass is 241 g/mol. The molecule has 0 aromatic heterocycles. The minimum absolute atomic E-state index is 0.138. The van der Waals surface area contributed by atoms with Crippen LogP contribution >= 0.6 is 0 Å². The Morgan fingerprint density at radius 3 is 2.50 bits per heavy atom. The summed E-state index contributed by atoms with van der Waals surface area (Å²) in [6.07, 6.45) is 2.73. The van der Waals surface area contributed by atoms with E-state index in [1.165, 1.54) is 0 Å². The lowest BCUT2D eigenvalue weighted by atomic mass is 10.1. The average molecular weight is 241 g/mol. The van der Waals surface area contributed by atoms with E-state index in [4.69, 9.17) is 10.5 Å². The maximum Gasteiger partial charge on any atom is 0.404 e. The summed E-state index contributed by atoms with van der Waals surface area (Å²) >= 11 is 0. The zero-order chi connectivity index (χ0) is 12.6. The Labute approximate surface area is 99.7 Å². The van der Waals surface area contributed by atoms with Crippen molar-refractivity contribution in [3.63, 3.8) is 0 Å². The van der Waals surface area contributed by atoms with Gasteiger partial charge < -0.3 is 10.5 Å². The quantitative estimate of drug-likeness (QED) is 0.594. The zero-order valence-electron chi connectivity index (χ0n) is 10.8. The van der Waals surface area contributed by atoms with Crippen LogP contribution in [0, 0.1) is 11.5 Å². The number of carbonyl (C=O) groups excluding carboxylic acids is 1. The molecule has 1 atom stereocenters. The first kappa shape index (κ1) is 15.0. The summed E-state index contributed by atoms with van der Waals surface area (Å²) in [4.78, 5) is 10.7. The predicted octanol–water partition coefficient (Wildman–Crippen LogP) is 2.91. The molecule has 1 amide bonds. The first-order chi connectivity index (χ1) is 7.35. The van der Waals surface area contributed by atoms with E-state index < -0.39 is 14.2 Å². The molecular formula is C12H23NO2Si. The summed E-state index contributed by atoms with van der Waals surface area (Å²) in [6, 6.07) is 0. The topological polar surface area (TPSA) is 52.3 Å². The molecule has 0 aliphatic heterocycles. The Balaban J connectivity index is 4.18. The van der Waals surface area contributed by atoms with Crippen molar-refractivity contribution in [2.75, 3.05) is 0 Å². The van der Waals surface area contributed by atoms with Crippen molar-refractivity contribution >= 4 is 14.2 Å². The largest absolute Gasteiger partial charge is 0.445 e. The van der Waals surface area contributed by atoms with E-state index in [1.54, 1.807) is 0 Å². The Morgan fingerprint density at radius 2 is 2.06 bits per heavy atom. The molecule has 0 saturated carbocycles. The summed E-state index contributed by atoms with van der Waals surface area (Å²) in [6.45, 7) is 8.68. The van der Waals surface area contributed by atoms with Crippen LogP contribution in [0.3, 0.4) is 0 Å². The third kappa shape index (κ3) is 9.60. The molecule has 1 unspecified atom stereocenters. The third-order valence-corrected chi connectivity index (χ3v) is 2.88. The number of hydrogen-bond acceptors (Lipinski definition) is 2. The van der Waals surface area contributed by atoms with Crippen molar-refractivity contribution < 1.29 is 9.53 Å². The molecule has 2 N–H and O–H groups in total. The number of amides is 1. The number of carbonyl (C=O) groups is 1. The molecule has 0 rings (SSSR count). The lowest BCUT2D eigenvalue weighted by Crippen LogP contribution is -2.23. The van der Waals surface area contributed by atoms with E-state index in [2.05, 4.69) is 38.0 Å². The van der Waals surface area contributed by atoms with Crippen LogP contribution < -0.4 is 5.73 Å². The number of unbranched alkanes of at least 4 members (excludes halogenated alkanes) is 1. The highest BCUT2D eigenvalue weighted by atomic mass is 28.3. The lowest BCUT2D eigenvalue weighted by Gasteiger charge is -2.13. The molecule has 0 bridgehead atoms. The average Bonchev–Trinajstić information content (AvgIpc) is 2.11. The molecule has 0 aliphatic carbocycles. The van der Waals surface area contributed by atoms with Crippen LogP contribution in [0.5, 0.6) is 0 Å². The summed E-state index contributed by atoms with van der Waals surface area (Å²) in [5, 5.41) is 0. The predicted molar refractivity (Wildman–Crippen MR) is 69.7 cm³/mol. The van der Waals surface area contributed by atoms with Gasteiger partial charge in [-0.2, -0.15) is 0 Å². The second-order valence-electron chi connectivity index (χ2n) is 4.96. The van der Waals surface area contributed by atoms with Gasteiger partial charge in [-0.15, -0.1) is 11.5 Å². The molecular weight excluding hydrogens is 218 g/mol. The van der Waals surface area contributed by atoms with Crippen molar-refractivity contribution in [1.29, 1.82) is 0 Å². The van der Waals surface area contributed by atoms with E-state index in [9.17, 15) is 4.79 Å². The molecule has 0 aromatic rings. The summed E-state index contributed by atoms with van der Waals surface area (Å²) < 4.78 is 5.02. The smallest absolute Gasteiger partial charge is 0.404 e. The lowest BCUT2D eigenvalue weighted by molar-refractivity contribution is 0.102. The second-order valence-corrected chi connectivity index (χ2v) is 9.71. The van der Waals surface area contributed by atoms with Crippen molar-refractivity contribution in [1.82, 2.24) is 0 Å². The van der Waals surface area contributed by atoms with E-state index in [0.29, 0.717) is 6.42 Å². The molecule has 3 nitrogen and oxygen atoms in total. The second kappa shape index (κ2) is 7.34. The van der Waals surface area contributed by atoms with Gasteiger partial charge in [0.05, 0.1) is 0 Å². The van der Waals surface area contributed by atoms with E-state index in [1.807, 2.05) is 0 Å². The first-order valence-electron chi connectivity index (χ1n) is 5.81. The van der Waals surface area contributed by atoms with Crippen LogP contribution in [0.2, 0.25) is 19.6 Å². The fourth-order valence-electron chi connectivity index (χ4n) is 1.23. The molecule has 16 heavy (non-hydrogen) atoms. The van der Waals surface area contributed by atoms with Gasteiger partial charge in [0.2, 0.25) is 0 Å². The molecule has 0 spiro atoms. The number of hydrogen-bond donors (Lipinski definition) is 1. The molecule has 92 valence electrons. The zero-order valence-corrected chi connectivity index (χ0v) is 11.8. The molecule has 0 fully saturated rings. The van der Waals surface area contributed by atoms with Crippen molar-refractivity contribution in [3.05, 3.63) is 0 Å². The minimum atomic E-state index is -1.33. The van der Waals surface area contributed by atoms with Crippen LogP contribution in [-0.2, 0) is 4.74 Å². The maximum absolute atomic E-state index is 10.7. The number of primary amides is 1. The molecule has 0 aliphatic rings. The van der Waals surface area contributed by atoms with Gasteiger partial charge in [0.25, 0.3) is 0 Å². The summed E-state index contributed by atoms with van der Waals surface area (Å²) in [5.74, 6) is 3.12. The molecule has 0 aromatic carbocycles. The number of ether oxygens (including phenoxy) is 1. The van der Waals surface area contributed by atoms with Crippen LogP contribution in [0.25, 0.3) is 0 Å². The van der Waals surface area contributed by atoms with Gasteiger partial charge in [0, 0.05) is 6.42 Å². The molecule has 4 heteroatoms. The van der Waals surface area contributed by atoms with Crippen LogP contribution in [-0.4, -0.2) is 20.3 Å². The molecule has 0 radical (unpaired) electrons. The molecule has 0 saturated heterocycles. The Hall–Kier alpha value is -0.953. The van der Waals surface area contributed by atoms with Crippen molar-refractivity contribution in [3.8, 4) is 11.5 Å². The highest BCUT2D eigenvalue weighted by Gasteiger charge is 2.11. The van der Waals surface area contributed by atoms with Crippen molar-refractivity contribution in [2.24, 2.45) is 5.73 Å². The molecule has 0 heterocycles. The van der Waals surface area contributed by atoms with Gasteiger partial charge in [-0.1, -0.05) is 39.4 Å². The Morgan fingerprint density at radius 1 is 1.44 bits per heavy atom. The fraction of sp³-hybridized carbons (Fsp3) is 0.750. The first-order valence-corrected chi connectivity index (χ1v) is 9.31. The van der Waals surface area contributed by atoms with E-state index in [0.717, 1.165) is 19.3 Å². The Bertz CT molecular complexity index is 273. The number of nitrogens with two attached hydrogens (primary N) is 1. The highest BCUT2D eigenvalue weighted by molar-refractivity contribution is 6.83. The van der Waals surface area contributed by atoms with Gasteiger partial charge in [-0.05, 0) is 6.42 Å². The Kier molecular flexibility index (Phi) is 6.90. The van der Waals surface area contributed by atoms with E-state index >= 15 is 0 Å². The van der Waals surface area contributed by atoms with Gasteiger partial charge in [0.15, 0.2) is 0 Å².